The molecule has 0 saturated carbocycles. The molecule has 7 heteroatoms. The van der Waals surface area contributed by atoms with Gasteiger partial charge in [0.2, 0.25) is 11.8 Å². The van der Waals surface area contributed by atoms with Crippen molar-refractivity contribution in [1.82, 2.24) is 0 Å². The molecule has 6 nitrogen and oxygen atoms in total. The van der Waals surface area contributed by atoms with Crippen molar-refractivity contribution in [2.24, 2.45) is 16.8 Å². The Morgan fingerprint density at radius 3 is 2.37 bits per heavy atom. The highest BCUT2D eigenvalue weighted by Gasteiger charge is 2.65. The molecule has 1 saturated heterocycles. The number of hydrogen-bond donors (Lipinski definition) is 0. The van der Waals surface area contributed by atoms with Gasteiger partial charge in [-0.25, -0.2) is 14.1 Å². The summed E-state index contributed by atoms with van der Waals surface area (Å²) < 4.78 is 18.3. The summed E-state index contributed by atoms with van der Waals surface area (Å²) in [6, 6.07) is 13.6. The van der Waals surface area contributed by atoms with E-state index in [2.05, 4.69) is 4.99 Å². The van der Waals surface area contributed by atoms with Crippen LogP contribution in [-0.2, 0) is 24.7 Å². The number of carbonyl (C=O) groups is 3. The number of amides is 2. The van der Waals surface area contributed by atoms with Crippen LogP contribution in [0.4, 0.5) is 10.1 Å². The fraction of sp³-hybridized carbons (Fsp3) is 0.200. The normalized spacial score (nSPS) is 26.4. The van der Waals surface area contributed by atoms with Crippen LogP contribution in [0.5, 0.6) is 0 Å². The van der Waals surface area contributed by atoms with Gasteiger partial charge in [0.15, 0.2) is 5.54 Å². The molecule has 2 heterocycles. The van der Waals surface area contributed by atoms with Crippen LogP contribution in [0.2, 0.25) is 0 Å². The maximum atomic E-state index is 13.4. The molecular weight excluding hydrogens is 351 g/mol. The summed E-state index contributed by atoms with van der Waals surface area (Å²) >= 11 is 0. The van der Waals surface area contributed by atoms with Gasteiger partial charge in [-0.15, -0.1) is 0 Å². The zero-order valence-electron chi connectivity index (χ0n) is 14.3. The van der Waals surface area contributed by atoms with E-state index in [9.17, 15) is 18.8 Å². The molecule has 2 aliphatic heterocycles. The number of fused-ring (bicyclic) bond motifs is 1. The number of para-hydroxylation sites is 1. The zero-order valence-corrected chi connectivity index (χ0v) is 14.3. The predicted octanol–water partition coefficient (Wildman–Crippen LogP) is 2.08. The Balaban J connectivity index is 1.85. The fourth-order valence-corrected chi connectivity index (χ4v) is 3.80. The molecule has 0 N–H and O–H groups in total. The second-order valence-corrected chi connectivity index (χ2v) is 6.39. The van der Waals surface area contributed by atoms with E-state index in [1.54, 1.807) is 30.3 Å². The first-order chi connectivity index (χ1) is 13.0. The van der Waals surface area contributed by atoms with Crippen LogP contribution in [0, 0.1) is 17.7 Å². The molecule has 2 amide bonds. The zero-order chi connectivity index (χ0) is 19.2. The molecule has 3 atom stereocenters. The molecule has 0 bridgehead atoms. The molecular formula is C20H15FN2O4. The third-order valence-electron chi connectivity index (χ3n) is 5.04. The van der Waals surface area contributed by atoms with Crippen LogP contribution >= 0.6 is 0 Å². The maximum Gasteiger partial charge on any atom is 0.339 e. The number of esters is 1. The lowest BCUT2D eigenvalue weighted by Gasteiger charge is -2.29. The van der Waals surface area contributed by atoms with Gasteiger partial charge in [0.25, 0.3) is 0 Å². The minimum atomic E-state index is -1.72. The first kappa shape index (κ1) is 17.1. The number of methoxy groups -OCH3 is 1. The number of imide groups is 1. The van der Waals surface area contributed by atoms with Crippen molar-refractivity contribution >= 4 is 29.7 Å². The number of benzene rings is 2. The van der Waals surface area contributed by atoms with Gasteiger partial charge >= 0.3 is 5.97 Å². The Bertz CT molecular complexity index is 958. The minimum absolute atomic E-state index is 0.301. The van der Waals surface area contributed by atoms with Crippen LogP contribution in [0.25, 0.3) is 0 Å². The highest BCUT2D eigenvalue weighted by molar-refractivity contribution is 6.28. The topological polar surface area (TPSA) is 76.0 Å². The number of nitrogens with zero attached hydrogens (tertiary/aromatic N) is 2. The van der Waals surface area contributed by atoms with Gasteiger partial charge in [0.1, 0.15) is 5.82 Å². The standard InChI is InChI=1S/C20H15FN2O4/c1-27-19(26)20(12-7-9-13(21)10-8-12)16-15(11-22-20)17(24)23(18(16)25)14-5-3-2-4-6-14/h2-11,15-16H,1H3/t15-,16+,20+/m1/s1. The van der Waals surface area contributed by atoms with E-state index in [0.29, 0.717) is 11.3 Å². The summed E-state index contributed by atoms with van der Waals surface area (Å²) in [5.74, 6) is -4.22. The van der Waals surface area contributed by atoms with Crippen molar-refractivity contribution in [3.05, 3.63) is 66.0 Å². The van der Waals surface area contributed by atoms with Crippen LogP contribution in [-0.4, -0.2) is 31.1 Å². The highest BCUT2D eigenvalue weighted by Crippen LogP contribution is 2.48. The van der Waals surface area contributed by atoms with E-state index >= 15 is 0 Å². The summed E-state index contributed by atoms with van der Waals surface area (Å²) in [7, 11) is 1.19. The van der Waals surface area contributed by atoms with Crippen LogP contribution in [0.1, 0.15) is 5.56 Å². The van der Waals surface area contributed by atoms with Gasteiger partial charge in [-0.05, 0) is 29.8 Å². The second kappa shape index (κ2) is 6.12. The Kier molecular flexibility index (Phi) is 3.87. The largest absolute Gasteiger partial charge is 0.467 e. The monoisotopic (exact) mass is 366 g/mol. The SMILES string of the molecule is COC(=O)[C@@]1(c2ccc(F)cc2)N=C[C@H]2C(=O)N(c3ccccc3)C(=O)[C@H]21. The summed E-state index contributed by atoms with van der Waals surface area (Å²) in [4.78, 5) is 44.2. The van der Waals surface area contributed by atoms with Gasteiger partial charge in [-0.2, -0.15) is 0 Å². The molecule has 0 radical (unpaired) electrons. The number of carbonyl (C=O) groups excluding carboxylic acids is 3. The second-order valence-electron chi connectivity index (χ2n) is 6.39. The minimum Gasteiger partial charge on any atom is -0.467 e. The lowest BCUT2D eigenvalue weighted by atomic mass is 9.76. The number of halogens is 1. The summed E-state index contributed by atoms with van der Waals surface area (Å²) in [5, 5.41) is 0. The Morgan fingerprint density at radius 1 is 1.07 bits per heavy atom. The Morgan fingerprint density at radius 2 is 1.74 bits per heavy atom. The fourth-order valence-electron chi connectivity index (χ4n) is 3.80. The first-order valence-corrected chi connectivity index (χ1v) is 8.33. The van der Waals surface area contributed by atoms with Gasteiger partial charge in [-0.3, -0.25) is 14.6 Å². The lowest BCUT2D eigenvalue weighted by Crippen LogP contribution is -2.45. The van der Waals surface area contributed by atoms with E-state index in [0.717, 1.165) is 4.90 Å². The molecule has 2 aromatic rings. The Labute approximate surface area is 154 Å². The maximum absolute atomic E-state index is 13.4. The highest BCUT2D eigenvalue weighted by atomic mass is 19.1. The van der Waals surface area contributed by atoms with Crippen molar-refractivity contribution in [3.63, 3.8) is 0 Å². The predicted molar refractivity (Wildman–Crippen MR) is 94.5 cm³/mol. The van der Waals surface area contributed by atoms with E-state index < -0.39 is 41.0 Å². The quantitative estimate of drug-likeness (QED) is 0.616. The van der Waals surface area contributed by atoms with Crippen molar-refractivity contribution in [1.29, 1.82) is 0 Å². The third-order valence-corrected chi connectivity index (χ3v) is 5.04. The van der Waals surface area contributed by atoms with Crippen LogP contribution in [0.15, 0.2) is 59.6 Å². The number of ether oxygens (including phenoxy) is 1. The molecule has 2 aliphatic rings. The van der Waals surface area contributed by atoms with Crippen molar-refractivity contribution < 1.29 is 23.5 Å². The molecule has 0 aliphatic carbocycles. The van der Waals surface area contributed by atoms with E-state index in [-0.39, 0.29) is 0 Å². The number of aliphatic imine (C=N–C) groups is 1. The van der Waals surface area contributed by atoms with Gasteiger partial charge in [0, 0.05) is 6.21 Å². The van der Waals surface area contributed by atoms with Crippen LogP contribution in [0.3, 0.4) is 0 Å². The van der Waals surface area contributed by atoms with Crippen LogP contribution < -0.4 is 4.90 Å². The Hall–Kier alpha value is -3.35. The van der Waals surface area contributed by atoms with Crippen molar-refractivity contribution in [2.75, 3.05) is 12.0 Å². The molecule has 4 rings (SSSR count). The van der Waals surface area contributed by atoms with E-state index in [1.165, 1.54) is 37.6 Å². The molecule has 0 unspecified atom stereocenters. The number of hydrogen-bond acceptors (Lipinski definition) is 5. The smallest absolute Gasteiger partial charge is 0.339 e. The van der Waals surface area contributed by atoms with Gasteiger partial charge < -0.3 is 4.74 Å². The van der Waals surface area contributed by atoms with Gasteiger partial charge in [-0.1, -0.05) is 30.3 Å². The first-order valence-electron chi connectivity index (χ1n) is 8.33. The number of anilines is 1. The van der Waals surface area contributed by atoms with Crippen molar-refractivity contribution in [3.8, 4) is 0 Å². The number of rotatable bonds is 3. The summed E-state index contributed by atoms with van der Waals surface area (Å²) in [6.45, 7) is 0. The summed E-state index contributed by atoms with van der Waals surface area (Å²) in [5.41, 5.74) is -0.993. The van der Waals surface area contributed by atoms with Gasteiger partial charge in [0.05, 0.1) is 24.6 Å². The summed E-state index contributed by atoms with van der Waals surface area (Å²) in [6.07, 6.45) is 1.33. The third kappa shape index (κ3) is 2.31. The lowest BCUT2D eigenvalue weighted by molar-refractivity contribution is -0.151. The molecule has 0 spiro atoms. The molecule has 1 fully saturated rings. The molecule has 136 valence electrons. The van der Waals surface area contributed by atoms with E-state index in [1.807, 2.05) is 0 Å². The molecule has 0 aromatic heterocycles. The van der Waals surface area contributed by atoms with E-state index in [4.69, 9.17) is 4.74 Å². The van der Waals surface area contributed by atoms with Crippen molar-refractivity contribution in [2.45, 2.75) is 5.54 Å². The average molecular weight is 366 g/mol. The average Bonchev–Trinajstić information content (AvgIpc) is 3.20. The molecule has 27 heavy (non-hydrogen) atoms. The molecule has 2 aromatic carbocycles.